The molecule has 0 N–H and O–H groups in total. The standard InChI is InChI=1S/C12H9F2NO3/c1-2-18-12(17)10-4-9(11(13)14)7(5-15)3-8(10)6-16/h3-4,6,11H,2H2,1H3. The Morgan fingerprint density at radius 3 is 2.67 bits per heavy atom. The van der Waals surface area contributed by atoms with Crippen LogP contribution in [0.25, 0.3) is 0 Å². The highest BCUT2D eigenvalue weighted by Crippen LogP contribution is 2.26. The van der Waals surface area contributed by atoms with Gasteiger partial charge in [0.2, 0.25) is 0 Å². The van der Waals surface area contributed by atoms with E-state index in [1.165, 1.54) is 0 Å². The summed E-state index contributed by atoms with van der Waals surface area (Å²) in [6.45, 7) is 1.61. The Morgan fingerprint density at radius 1 is 1.56 bits per heavy atom. The summed E-state index contributed by atoms with van der Waals surface area (Å²) in [5, 5.41) is 8.70. The molecular weight excluding hydrogens is 244 g/mol. The molecule has 0 saturated carbocycles. The summed E-state index contributed by atoms with van der Waals surface area (Å²) in [4.78, 5) is 22.3. The predicted octanol–water partition coefficient (Wildman–Crippen LogP) is 2.49. The highest BCUT2D eigenvalue weighted by molar-refractivity contribution is 5.98. The number of carbonyl (C=O) groups is 2. The van der Waals surface area contributed by atoms with Crippen LogP contribution in [-0.4, -0.2) is 18.9 Å². The molecule has 0 heterocycles. The number of hydrogen-bond donors (Lipinski definition) is 0. The third kappa shape index (κ3) is 2.69. The van der Waals surface area contributed by atoms with Gasteiger partial charge in [-0.25, -0.2) is 13.6 Å². The van der Waals surface area contributed by atoms with E-state index in [9.17, 15) is 18.4 Å². The van der Waals surface area contributed by atoms with Crippen molar-refractivity contribution in [2.75, 3.05) is 6.61 Å². The van der Waals surface area contributed by atoms with Crippen molar-refractivity contribution in [1.82, 2.24) is 0 Å². The van der Waals surface area contributed by atoms with E-state index in [2.05, 4.69) is 4.74 Å². The summed E-state index contributed by atoms with van der Waals surface area (Å²) in [5.74, 6) is -0.869. The second-order valence-electron chi connectivity index (χ2n) is 3.28. The van der Waals surface area contributed by atoms with E-state index >= 15 is 0 Å². The zero-order valence-electron chi connectivity index (χ0n) is 9.44. The fourth-order valence-corrected chi connectivity index (χ4v) is 1.39. The van der Waals surface area contributed by atoms with Crippen molar-refractivity contribution in [2.24, 2.45) is 0 Å². The van der Waals surface area contributed by atoms with Crippen LogP contribution in [0.15, 0.2) is 12.1 Å². The van der Waals surface area contributed by atoms with Gasteiger partial charge in [-0.05, 0) is 19.1 Å². The van der Waals surface area contributed by atoms with Crippen LogP contribution in [0.2, 0.25) is 0 Å². The Balaban J connectivity index is 3.42. The van der Waals surface area contributed by atoms with E-state index in [0.29, 0.717) is 6.29 Å². The van der Waals surface area contributed by atoms with Crippen LogP contribution in [0, 0.1) is 11.3 Å². The number of nitriles is 1. The third-order valence-corrected chi connectivity index (χ3v) is 2.20. The lowest BCUT2D eigenvalue weighted by molar-refractivity contribution is 0.0523. The van der Waals surface area contributed by atoms with Crippen LogP contribution >= 0.6 is 0 Å². The zero-order valence-corrected chi connectivity index (χ0v) is 9.44. The average molecular weight is 253 g/mol. The van der Waals surface area contributed by atoms with Gasteiger partial charge in [-0.1, -0.05) is 0 Å². The van der Waals surface area contributed by atoms with E-state index in [1.807, 2.05) is 0 Å². The van der Waals surface area contributed by atoms with Gasteiger partial charge in [0.15, 0.2) is 6.29 Å². The van der Waals surface area contributed by atoms with Gasteiger partial charge in [0.05, 0.1) is 23.8 Å². The minimum atomic E-state index is -2.91. The van der Waals surface area contributed by atoms with E-state index in [0.717, 1.165) is 12.1 Å². The molecule has 0 saturated heterocycles. The molecule has 1 rings (SSSR count). The Bertz CT molecular complexity index is 521. The SMILES string of the molecule is CCOC(=O)c1cc(C(F)F)c(C#N)cc1C=O. The maximum absolute atomic E-state index is 12.7. The van der Waals surface area contributed by atoms with Crippen molar-refractivity contribution in [3.63, 3.8) is 0 Å². The molecule has 0 fully saturated rings. The third-order valence-electron chi connectivity index (χ3n) is 2.20. The summed E-state index contributed by atoms with van der Waals surface area (Å²) in [5.41, 5.74) is -1.33. The predicted molar refractivity (Wildman–Crippen MR) is 57.5 cm³/mol. The quantitative estimate of drug-likeness (QED) is 0.610. The van der Waals surface area contributed by atoms with Gasteiger partial charge in [0.1, 0.15) is 0 Å². The number of aldehydes is 1. The molecular formula is C12H9F2NO3. The summed E-state index contributed by atoms with van der Waals surface area (Å²) >= 11 is 0. The molecule has 1 aromatic rings. The maximum Gasteiger partial charge on any atom is 0.338 e. The maximum atomic E-state index is 12.7. The minimum Gasteiger partial charge on any atom is -0.462 e. The summed E-state index contributed by atoms with van der Waals surface area (Å²) in [6.07, 6.45) is -2.59. The smallest absolute Gasteiger partial charge is 0.338 e. The number of carbonyl (C=O) groups excluding carboxylic acids is 2. The second-order valence-corrected chi connectivity index (χ2v) is 3.28. The lowest BCUT2D eigenvalue weighted by Gasteiger charge is -2.09. The Hall–Kier alpha value is -2.29. The molecule has 0 aliphatic carbocycles. The van der Waals surface area contributed by atoms with Crippen molar-refractivity contribution in [1.29, 1.82) is 5.26 Å². The topological polar surface area (TPSA) is 67.2 Å². The lowest BCUT2D eigenvalue weighted by Crippen LogP contribution is -2.10. The highest BCUT2D eigenvalue weighted by Gasteiger charge is 2.20. The molecule has 94 valence electrons. The number of ether oxygens (including phenoxy) is 1. The van der Waals surface area contributed by atoms with Crippen molar-refractivity contribution < 1.29 is 23.1 Å². The first-order valence-corrected chi connectivity index (χ1v) is 5.03. The van der Waals surface area contributed by atoms with Crippen molar-refractivity contribution in [3.8, 4) is 6.07 Å². The summed E-state index contributed by atoms with van der Waals surface area (Å²) in [6, 6.07) is 3.34. The van der Waals surface area contributed by atoms with E-state index < -0.39 is 18.0 Å². The van der Waals surface area contributed by atoms with Crippen LogP contribution in [0.3, 0.4) is 0 Å². The van der Waals surface area contributed by atoms with Crippen molar-refractivity contribution in [3.05, 3.63) is 34.4 Å². The monoisotopic (exact) mass is 253 g/mol. The number of halogens is 2. The number of rotatable bonds is 4. The van der Waals surface area contributed by atoms with Gasteiger partial charge in [-0.3, -0.25) is 4.79 Å². The number of hydrogen-bond acceptors (Lipinski definition) is 4. The molecule has 0 amide bonds. The molecule has 0 bridgehead atoms. The summed E-state index contributed by atoms with van der Waals surface area (Å²) in [7, 11) is 0. The van der Waals surface area contributed by atoms with E-state index in [4.69, 9.17) is 5.26 Å². The first-order chi connectivity index (χ1) is 8.54. The zero-order chi connectivity index (χ0) is 13.7. The normalized spacial score (nSPS) is 9.94. The fraction of sp³-hybridized carbons (Fsp3) is 0.250. The number of esters is 1. The molecule has 18 heavy (non-hydrogen) atoms. The molecule has 0 unspecified atom stereocenters. The fourth-order valence-electron chi connectivity index (χ4n) is 1.39. The largest absolute Gasteiger partial charge is 0.462 e. The van der Waals surface area contributed by atoms with Gasteiger partial charge < -0.3 is 4.74 Å². The van der Waals surface area contributed by atoms with Gasteiger partial charge in [0, 0.05) is 11.1 Å². The minimum absolute atomic E-state index is 0.0567. The van der Waals surface area contributed by atoms with Crippen LogP contribution in [0.4, 0.5) is 8.78 Å². The lowest BCUT2D eigenvalue weighted by atomic mass is 9.99. The van der Waals surface area contributed by atoms with Gasteiger partial charge in [-0.15, -0.1) is 0 Å². The first kappa shape index (κ1) is 13.8. The number of nitrogens with zero attached hydrogens (tertiary/aromatic N) is 1. The molecule has 4 nitrogen and oxygen atoms in total. The highest BCUT2D eigenvalue weighted by atomic mass is 19.3. The van der Waals surface area contributed by atoms with Crippen LogP contribution in [0.5, 0.6) is 0 Å². The molecule has 1 aromatic carbocycles. The van der Waals surface area contributed by atoms with Crippen LogP contribution in [0.1, 0.15) is 45.2 Å². The molecule has 0 atom stereocenters. The molecule has 0 radical (unpaired) electrons. The second kappa shape index (κ2) is 5.87. The van der Waals surface area contributed by atoms with Crippen molar-refractivity contribution >= 4 is 12.3 Å². The van der Waals surface area contributed by atoms with Crippen molar-refractivity contribution in [2.45, 2.75) is 13.3 Å². The van der Waals surface area contributed by atoms with Gasteiger partial charge in [0.25, 0.3) is 6.43 Å². The Kier molecular flexibility index (Phi) is 4.49. The number of benzene rings is 1. The van der Waals surface area contributed by atoms with E-state index in [1.54, 1.807) is 13.0 Å². The molecule has 0 spiro atoms. The van der Waals surface area contributed by atoms with Crippen LogP contribution in [-0.2, 0) is 4.74 Å². The van der Waals surface area contributed by atoms with Crippen LogP contribution < -0.4 is 0 Å². The number of alkyl halides is 2. The molecule has 0 aliphatic heterocycles. The van der Waals surface area contributed by atoms with Gasteiger partial charge >= 0.3 is 5.97 Å². The Labute approximate surface area is 102 Å². The Morgan fingerprint density at radius 2 is 2.22 bits per heavy atom. The average Bonchev–Trinajstić information content (AvgIpc) is 2.37. The van der Waals surface area contributed by atoms with E-state index in [-0.39, 0.29) is 23.3 Å². The molecule has 0 aliphatic rings. The molecule has 6 heteroatoms. The molecule has 0 aromatic heterocycles. The first-order valence-electron chi connectivity index (χ1n) is 5.03. The summed E-state index contributed by atoms with van der Waals surface area (Å²) < 4.78 is 30.0. The van der Waals surface area contributed by atoms with Gasteiger partial charge in [-0.2, -0.15) is 5.26 Å².